The molecule has 1 aromatic heterocycles. The first-order valence-corrected chi connectivity index (χ1v) is 7.72. The van der Waals surface area contributed by atoms with Gasteiger partial charge in [0, 0.05) is 36.2 Å². The van der Waals surface area contributed by atoms with Crippen LogP contribution in [0.4, 0.5) is 0 Å². The highest BCUT2D eigenvalue weighted by molar-refractivity contribution is 5.57. The molecule has 2 aliphatic heterocycles. The number of ether oxygens (including phenoxy) is 1. The van der Waals surface area contributed by atoms with Crippen LogP contribution in [0, 0.1) is 5.92 Å². The van der Waals surface area contributed by atoms with Crippen LogP contribution in [-0.2, 0) is 0 Å². The van der Waals surface area contributed by atoms with E-state index in [1.165, 1.54) is 6.07 Å². The van der Waals surface area contributed by atoms with Gasteiger partial charge < -0.3 is 25.4 Å². The van der Waals surface area contributed by atoms with Gasteiger partial charge >= 0.3 is 0 Å². The topological polar surface area (TPSA) is 94.8 Å². The Labute approximate surface area is 133 Å². The average Bonchev–Trinajstić information content (AvgIpc) is 2.57. The largest absolute Gasteiger partial charge is 0.504 e. The summed E-state index contributed by atoms with van der Waals surface area (Å²) < 4.78 is 6.08. The van der Waals surface area contributed by atoms with Crippen LogP contribution in [-0.4, -0.2) is 33.4 Å². The zero-order valence-corrected chi connectivity index (χ0v) is 12.4. The summed E-state index contributed by atoms with van der Waals surface area (Å²) >= 11 is 0. The minimum Gasteiger partial charge on any atom is -0.504 e. The second-order valence-electron chi connectivity index (χ2n) is 6.10. The Kier molecular flexibility index (Phi) is 3.27. The smallest absolute Gasteiger partial charge is 0.211 e. The van der Waals surface area contributed by atoms with E-state index in [-0.39, 0.29) is 35.3 Å². The van der Waals surface area contributed by atoms with Crippen LogP contribution in [0.15, 0.2) is 30.5 Å². The van der Waals surface area contributed by atoms with Crippen molar-refractivity contribution < 1.29 is 20.1 Å². The predicted octanol–water partition coefficient (Wildman–Crippen LogP) is 2.03. The van der Waals surface area contributed by atoms with Gasteiger partial charge in [0.1, 0.15) is 6.10 Å². The van der Waals surface area contributed by atoms with E-state index in [1.54, 1.807) is 12.3 Å². The molecule has 6 nitrogen and oxygen atoms in total. The molecule has 4 rings (SSSR count). The first-order chi connectivity index (χ1) is 11.1. The lowest BCUT2D eigenvalue weighted by Gasteiger charge is -2.43. The molecule has 0 spiro atoms. The van der Waals surface area contributed by atoms with E-state index in [0.29, 0.717) is 5.75 Å². The molecule has 0 saturated carbocycles. The zero-order chi connectivity index (χ0) is 16.0. The fourth-order valence-electron chi connectivity index (χ4n) is 3.71. The molecule has 2 aromatic rings. The van der Waals surface area contributed by atoms with Gasteiger partial charge in [-0.3, -0.25) is 0 Å². The van der Waals surface area contributed by atoms with Crippen LogP contribution in [0.5, 0.6) is 23.1 Å². The highest BCUT2D eigenvalue weighted by atomic mass is 16.5. The highest BCUT2D eigenvalue weighted by Gasteiger charge is 2.42. The molecule has 23 heavy (non-hydrogen) atoms. The number of hydrogen-bond acceptors (Lipinski definition) is 6. The number of aromatic nitrogens is 1. The number of rotatable bonds is 1. The Bertz CT molecular complexity index is 749. The summed E-state index contributed by atoms with van der Waals surface area (Å²) in [5, 5.41) is 33.0. The van der Waals surface area contributed by atoms with E-state index >= 15 is 0 Å². The van der Waals surface area contributed by atoms with Gasteiger partial charge in [0.15, 0.2) is 11.5 Å². The summed E-state index contributed by atoms with van der Waals surface area (Å²) in [6.07, 6.45) is 2.18. The van der Waals surface area contributed by atoms with E-state index in [1.807, 2.05) is 12.1 Å². The standard InChI is InChI=1S/C17H18N2O4/c20-13-2-1-10-12-8-18-5-4-11(12)16(23-17(10)15(13)22)9-3-6-19-14(21)7-9/h1-3,6-7,11-12,16,18,20,22H,4-5,8H2,(H,19,21). The first kappa shape index (κ1) is 14.1. The summed E-state index contributed by atoms with van der Waals surface area (Å²) in [6.45, 7) is 1.69. The fourth-order valence-corrected chi connectivity index (χ4v) is 3.71. The van der Waals surface area contributed by atoms with Gasteiger partial charge in [-0.2, -0.15) is 0 Å². The van der Waals surface area contributed by atoms with E-state index < -0.39 is 0 Å². The van der Waals surface area contributed by atoms with Crippen molar-refractivity contribution in [1.29, 1.82) is 0 Å². The summed E-state index contributed by atoms with van der Waals surface area (Å²) in [6, 6.07) is 6.72. The Hall–Kier alpha value is -2.47. The lowest BCUT2D eigenvalue weighted by molar-refractivity contribution is 0.0696. The van der Waals surface area contributed by atoms with Gasteiger partial charge in [0.2, 0.25) is 11.6 Å². The number of nitrogens with one attached hydrogen (secondary N) is 1. The summed E-state index contributed by atoms with van der Waals surface area (Å²) in [5.41, 5.74) is 1.73. The number of phenols is 2. The lowest BCUT2D eigenvalue weighted by Crippen LogP contribution is -2.41. The first-order valence-electron chi connectivity index (χ1n) is 7.72. The molecule has 3 unspecified atom stereocenters. The normalized spacial score (nSPS) is 26.0. The quantitative estimate of drug-likeness (QED) is 0.602. The molecule has 1 saturated heterocycles. The number of pyridine rings is 1. The third-order valence-electron chi connectivity index (χ3n) is 4.81. The summed E-state index contributed by atoms with van der Waals surface area (Å²) in [5.74, 6) is 0.268. The predicted molar refractivity (Wildman–Crippen MR) is 82.8 cm³/mol. The van der Waals surface area contributed by atoms with Crippen molar-refractivity contribution >= 4 is 0 Å². The molecular weight excluding hydrogens is 296 g/mol. The second kappa shape index (κ2) is 5.31. The van der Waals surface area contributed by atoms with E-state index in [0.717, 1.165) is 30.6 Å². The monoisotopic (exact) mass is 314 g/mol. The van der Waals surface area contributed by atoms with Crippen molar-refractivity contribution in [2.45, 2.75) is 18.4 Å². The van der Waals surface area contributed by atoms with Gasteiger partial charge in [-0.25, -0.2) is 4.98 Å². The second-order valence-corrected chi connectivity index (χ2v) is 6.10. The number of fused-ring (bicyclic) bond motifs is 3. The van der Waals surface area contributed by atoms with Crippen LogP contribution in [0.3, 0.4) is 0 Å². The molecule has 3 atom stereocenters. The van der Waals surface area contributed by atoms with Crippen LogP contribution in [0.1, 0.15) is 29.6 Å². The number of aromatic hydroxyl groups is 3. The van der Waals surface area contributed by atoms with Gasteiger partial charge in [-0.1, -0.05) is 6.07 Å². The molecule has 0 aliphatic carbocycles. The van der Waals surface area contributed by atoms with Gasteiger partial charge in [-0.15, -0.1) is 0 Å². The van der Waals surface area contributed by atoms with Crippen LogP contribution in [0.2, 0.25) is 0 Å². The molecule has 0 radical (unpaired) electrons. The van der Waals surface area contributed by atoms with Crippen molar-refractivity contribution in [3.63, 3.8) is 0 Å². The van der Waals surface area contributed by atoms with Crippen LogP contribution >= 0.6 is 0 Å². The third-order valence-corrected chi connectivity index (χ3v) is 4.81. The third kappa shape index (κ3) is 2.26. The number of piperidine rings is 1. The van der Waals surface area contributed by atoms with Crippen molar-refractivity contribution in [1.82, 2.24) is 10.3 Å². The van der Waals surface area contributed by atoms with Gasteiger partial charge in [-0.05, 0) is 30.7 Å². The van der Waals surface area contributed by atoms with Crippen LogP contribution < -0.4 is 10.1 Å². The van der Waals surface area contributed by atoms with Crippen molar-refractivity contribution in [3.05, 3.63) is 41.6 Å². The zero-order valence-electron chi connectivity index (χ0n) is 12.4. The molecule has 120 valence electrons. The van der Waals surface area contributed by atoms with Crippen LogP contribution in [0.25, 0.3) is 0 Å². The maximum atomic E-state index is 10.2. The molecule has 2 aliphatic rings. The van der Waals surface area contributed by atoms with Gasteiger partial charge in [0.05, 0.1) is 0 Å². The highest BCUT2D eigenvalue weighted by Crippen LogP contribution is 2.53. The Balaban J connectivity index is 1.83. The molecule has 0 bridgehead atoms. The molecule has 0 amide bonds. The molecule has 1 fully saturated rings. The average molecular weight is 314 g/mol. The van der Waals surface area contributed by atoms with Crippen molar-refractivity contribution in [2.24, 2.45) is 5.92 Å². The Morgan fingerprint density at radius 2 is 2.04 bits per heavy atom. The summed E-state index contributed by atoms with van der Waals surface area (Å²) in [4.78, 5) is 3.81. The Morgan fingerprint density at radius 1 is 1.17 bits per heavy atom. The number of hydrogen-bond donors (Lipinski definition) is 4. The maximum Gasteiger partial charge on any atom is 0.211 e. The minimum atomic E-state index is -0.295. The maximum absolute atomic E-state index is 10.2. The van der Waals surface area contributed by atoms with E-state index in [9.17, 15) is 15.3 Å². The SMILES string of the molecule is Oc1cc(C2Oc3c(ccc(O)c3O)C3CNCCC32)ccn1. The summed E-state index contributed by atoms with van der Waals surface area (Å²) in [7, 11) is 0. The van der Waals surface area contributed by atoms with Crippen molar-refractivity contribution in [3.8, 4) is 23.1 Å². The molecule has 4 N–H and O–H groups in total. The fraction of sp³-hybridized carbons (Fsp3) is 0.353. The minimum absolute atomic E-state index is 0.0532. The van der Waals surface area contributed by atoms with Crippen molar-refractivity contribution in [2.75, 3.05) is 13.1 Å². The Morgan fingerprint density at radius 3 is 2.87 bits per heavy atom. The van der Waals surface area contributed by atoms with E-state index in [2.05, 4.69) is 10.3 Å². The molecule has 3 heterocycles. The number of benzene rings is 1. The van der Waals surface area contributed by atoms with Gasteiger partial charge in [0.25, 0.3) is 0 Å². The van der Waals surface area contributed by atoms with E-state index in [4.69, 9.17) is 4.74 Å². The molecule has 6 heteroatoms. The molecular formula is C17H18N2O4. The molecule has 1 aromatic carbocycles. The lowest BCUT2D eigenvalue weighted by atomic mass is 9.74. The number of nitrogens with zero attached hydrogens (tertiary/aromatic N) is 1. The number of phenolic OH excluding ortho intramolecular Hbond substituents is 2.